The highest BCUT2D eigenvalue weighted by molar-refractivity contribution is 5.93. The monoisotopic (exact) mass is 383 g/mol. The van der Waals surface area contributed by atoms with Gasteiger partial charge in [-0.25, -0.2) is 0 Å². The van der Waals surface area contributed by atoms with Gasteiger partial charge in [-0.15, -0.1) is 0 Å². The van der Waals surface area contributed by atoms with Crippen molar-refractivity contribution >= 4 is 17.5 Å². The van der Waals surface area contributed by atoms with Crippen LogP contribution in [0.25, 0.3) is 0 Å². The van der Waals surface area contributed by atoms with Gasteiger partial charge in [-0.2, -0.15) is 0 Å². The Morgan fingerprint density at radius 3 is 2.32 bits per heavy atom. The molecule has 0 radical (unpaired) electrons. The molecule has 0 fully saturated rings. The van der Waals surface area contributed by atoms with Crippen LogP contribution in [-0.4, -0.2) is 55.4 Å². The lowest BCUT2D eigenvalue weighted by Gasteiger charge is -2.31. The molecule has 2 rings (SSSR count). The number of hydrogen-bond donors (Lipinski definition) is 1. The molecular formula is C22H29N3O3. The molecule has 2 aromatic carbocycles. The van der Waals surface area contributed by atoms with E-state index < -0.39 is 6.04 Å². The molecule has 0 spiro atoms. The highest BCUT2D eigenvalue weighted by atomic mass is 16.5. The fourth-order valence-corrected chi connectivity index (χ4v) is 3.15. The van der Waals surface area contributed by atoms with E-state index in [9.17, 15) is 9.59 Å². The highest BCUT2D eigenvalue weighted by Crippen LogP contribution is 2.22. The number of hydrogen-bond acceptors (Lipinski definition) is 4. The summed E-state index contributed by atoms with van der Waals surface area (Å²) in [5.74, 6) is 0.474. The minimum absolute atomic E-state index is 0.00659. The van der Waals surface area contributed by atoms with Crippen LogP contribution < -0.4 is 10.1 Å². The lowest BCUT2D eigenvalue weighted by molar-refractivity contribution is -0.137. The maximum Gasteiger partial charge on any atom is 0.244 e. The Bertz CT molecular complexity index is 776. The second-order valence-electron chi connectivity index (χ2n) is 6.52. The molecule has 28 heavy (non-hydrogen) atoms. The minimum Gasteiger partial charge on any atom is -0.497 e. The van der Waals surface area contributed by atoms with Crippen LogP contribution in [0.4, 0.5) is 5.69 Å². The summed E-state index contributed by atoms with van der Waals surface area (Å²) in [6, 6.07) is 16.2. The number of anilines is 1. The van der Waals surface area contributed by atoms with Crippen LogP contribution in [0.1, 0.15) is 25.5 Å². The first-order valence-corrected chi connectivity index (χ1v) is 9.48. The lowest BCUT2D eigenvalue weighted by atomic mass is 10.0. The average Bonchev–Trinajstić information content (AvgIpc) is 2.70. The molecule has 1 N–H and O–H groups in total. The molecular weight excluding hydrogens is 354 g/mol. The Morgan fingerprint density at radius 1 is 1.04 bits per heavy atom. The molecule has 0 aliphatic rings. The first kappa shape index (κ1) is 21.4. The Balaban J connectivity index is 2.16. The Hall–Kier alpha value is -2.86. The van der Waals surface area contributed by atoms with E-state index in [2.05, 4.69) is 5.32 Å². The molecule has 6 heteroatoms. The van der Waals surface area contributed by atoms with Crippen molar-refractivity contribution in [1.82, 2.24) is 9.80 Å². The third kappa shape index (κ3) is 5.57. The first-order chi connectivity index (χ1) is 13.5. The average molecular weight is 383 g/mol. The van der Waals surface area contributed by atoms with Gasteiger partial charge in [-0.1, -0.05) is 36.4 Å². The van der Waals surface area contributed by atoms with Crippen molar-refractivity contribution in [2.45, 2.75) is 19.9 Å². The molecule has 0 saturated carbocycles. The van der Waals surface area contributed by atoms with E-state index in [0.29, 0.717) is 24.5 Å². The van der Waals surface area contributed by atoms with E-state index in [-0.39, 0.29) is 18.4 Å². The van der Waals surface area contributed by atoms with E-state index in [1.807, 2.05) is 56.3 Å². The summed E-state index contributed by atoms with van der Waals surface area (Å²) in [6.07, 6.45) is 0. The summed E-state index contributed by atoms with van der Waals surface area (Å²) in [4.78, 5) is 29.2. The van der Waals surface area contributed by atoms with Crippen molar-refractivity contribution in [2.24, 2.45) is 0 Å². The zero-order valence-electron chi connectivity index (χ0n) is 17.0. The molecule has 0 bridgehead atoms. The number of methoxy groups -OCH3 is 1. The highest BCUT2D eigenvalue weighted by Gasteiger charge is 2.29. The van der Waals surface area contributed by atoms with Crippen LogP contribution in [0.2, 0.25) is 0 Å². The molecule has 1 atom stereocenters. The molecule has 0 saturated heterocycles. The van der Waals surface area contributed by atoms with Crippen LogP contribution in [0, 0.1) is 0 Å². The number of likely N-dealkylation sites (N-methyl/N-ethyl adjacent to an activating group) is 2. The quantitative estimate of drug-likeness (QED) is 0.722. The zero-order chi connectivity index (χ0) is 20.5. The summed E-state index contributed by atoms with van der Waals surface area (Å²) in [5, 5.41) is 2.86. The number of amides is 2. The second-order valence-corrected chi connectivity index (χ2v) is 6.52. The van der Waals surface area contributed by atoms with Gasteiger partial charge in [0.2, 0.25) is 11.8 Å². The number of carbonyl (C=O) groups excluding carboxylic acids is 2. The predicted octanol–water partition coefficient (Wildman–Crippen LogP) is 3.18. The summed E-state index contributed by atoms with van der Waals surface area (Å²) < 4.78 is 5.18. The van der Waals surface area contributed by atoms with Crippen LogP contribution in [0.15, 0.2) is 54.6 Å². The van der Waals surface area contributed by atoms with E-state index in [0.717, 1.165) is 5.56 Å². The largest absolute Gasteiger partial charge is 0.497 e. The van der Waals surface area contributed by atoms with Gasteiger partial charge in [-0.3, -0.25) is 14.5 Å². The van der Waals surface area contributed by atoms with Crippen molar-refractivity contribution < 1.29 is 14.3 Å². The standard InChI is InChI=1S/C22H29N3O3/c1-5-25(6-2)22(27)21(17-11-8-7-9-12-17)24(3)16-20(26)23-18-13-10-14-19(15-18)28-4/h7-15,21H,5-6,16H2,1-4H3,(H,23,26)/t21-/m1/s1. The maximum atomic E-state index is 13.1. The molecule has 0 heterocycles. The van der Waals surface area contributed by atoms with Crippen molar-refractivity contribution in [3.8, 4) is 5.75 Å². The molecule has 0 aromatic heterocycles. The molecule has 0 aliphatic heterocycles. The van der Waals surface area contributed by atoms with Gasteiger partial charge in [0.05, 0.1) is 13.7 Å². The minimum atomic E-state index is -0.517. The number of ether oxygens (including phenoxy) is 1. The second kappa shape index (κ2) is 10.5. The fourth-order valence-electron chi connectivity index (χ4n) is 3.15. The van der Waals surface area contributed by atoms with Gasteiger partial charge in [0, 0.05) is 24.8 Å². The normalized spacial score (nSPS) is 11.8. The van der Waals surface area contributed by atoms with E-state index in [1.165, 1.54) is 0 Å². The van der Waals surface area contributed by atoms with E-state index in [4.69, 9.17) is 4.74 Å². The smallest absolute Gasteiger partial charge is 0.244 e. The summed E-state index contributed by atoms with van der Waals surface area (Å²) in [5.41, 5.74) is 1.53. The Labute approximate surface area is 167 Å². The van der Waals surface area contributed by atoms with Crippen LogP contribution >= 0.6 is 0 Å². The molecule has 150 valence electrons. The van der Waals surface area contributed by atoms with Gasteiger partial charge >= 0.3 is 0 Å². The third-order valence-electron chi connectivity index (χ3n) is 4.61. The van der Waals surface area contributed by atoms with Crippen molar-refractivity contribution in [3.63, 3.8) is 0 Å². The Kier molecular flexibility index (Phi) is 8.02. The van der Waals surface area contributed by atoms with Gasteiger partial charge < -0.3 is 15.0 Å². The van der Waals surface area contributed by atoms with Crippen molar-refractivity contribution in [1.29, 1.82) is 0 Å². The van der Waals surface area contributed by atoms with Crippen molar-refractivity contribution in [3.05, 3.63) is 60.2 Å². The maximum absolute atomic E-state index is 13.1. The predicted molar refractivity (Wildman–Crippen MR) is 111 cm³/mol. The molecule has 6 nitrogen and oxygen atoms in total. The van der Waals surface area contributed by atoms with Crippen LogP contribution in [0.3, 0.4) is 0 Å². The molecule has 2 amide bonds. The molecule has 2 aromatic rings. The van der Waals surface area contributed by atoms with E-state index in [1.54, 1.807) is 36.1 Å². The Morgan fingerprint density at radius 2 is 1.71 bits per heavy atom. The molecule has 0 unspecified atom stereocenters. The topological polar surface area (TPSA) is 61.9 Å². The summed E-state index contributed by atoms with van der Waals surface area (Å²) in [6.45, 7) is 5.26. The van der Waals surface area contributed by atoms with Gasteiger partial charge in [-0.05, 0) is 38.6 Å². The van der Waals surface area contributed by atoms with Gasteiger partial charge in [0.15, 0.2) is 0 Å². The van der Waals surface area contributed by atoms with Gasteiger partial charge in [0.25, 0.3) is 0 Å². The zero-order valence-corrected chi connectivity index (χ0v) is 17.0. The SMILES string of the molecule is CCN(CC)C(=O)[C@@H](c1ccccc1)N(C)CC(=O)Nc1cccc(OC)c1. The number of carbonyl (C=O) groups is 2. The number of nitrogens with one attached hydrogen (secondary N) is 1. The number of nitrogens with zero attached hydrogens (tertiary/aromatic N) is 2. The van der Waals surface area contributed by atoms with Crippen LogP contribution in [0.5, 0.6) is 5.75 Å². The van der Waals surface area contributed by atoms with Gasteiger partial charge in [0.1, 0.15) is 11.8 Å². The number of benzene rings is 2. The fraction of sp³-hybridized carbons (Fsp3) is 0.364. The summed E-state index contributed by atoms with van der Waals surface area (Å²) in [7, 11) is 3.38. The number of rotatable bonds is 9. The van der Waals surface area contributed by atoms with Crippen LogP contribution in [-0.2, 0) is 9.59 Å². The molecule has 0 aliphatic carbocycles. The first-order valence-electron chi connectivity index (χ1n) is 9.48. The van der Waals surface area contributed by atoms with Crippen molar-refractivity contribution in [2.75, 3.05) is 39.1 Å². The summed E-state index contributed by atoms with van der Waals surface area (Å²) >= 11 is 0. The van der Waals surface area contributed by atoms with E-state index >= 15 is 0 Å². The third-order valence-corrected chi connectivity index (χ3v) is 4.61. The lowest BCUT2D eigenvalue weighted by Crippen LogP contribution is -2.44.